The lowest BCUT2D eigenvalue weighted by Crippen LogP contribution is -2.14. The van der Waals surface area contributed by atoms with Gasteiger partial charge in [-0.1, -0.05) is 39.8 Å². The van der Waals surface area contributed by atoms with E-state index in [1.54, 1.807) is 12.1 Å². The molecular weight excluding hydrogens is 215 g/mol. The summed E-state index contributed by atoms with van der Waals surface area (Å²) < 4.78 is 13.0. The average molecular weight is 236 g/mol. The highest BCUT2D eigenvalue weighted by Gasteiger charge is 2.18. The topological polar surface area (TPSA) is 17.1 Å². The number of carbonyl (C=O) groups is 1. The molecule has 0 aliphatic rings. The van der Waals surface area contributed by atoms with Crippen LogP contribution in [0.3, 0.4) is 0 Å². The third-order valence-corrected chi connectivity index (χ3v) is 2.64. The molecule has 0 amide bonds. The SMILES string of the molecule is CC(CC(=O)c1cccc(F)c1)CC(C)(C)C. The molecule has 0 spiro atoms. The standard InChI is InChI=1S/C15H21FO/c1-11(10-15(2,3)4)8-14(17)12-6-5-7-13(16)9-12/h5-7,9,11H,8,10H2,1-4H3. The molecule has 0 bridgehead atoms. The number of ketones is 1. The van der Waals surface area contributed by atoms with E-state index < -0.39 is 0 Å². The monoisotopic (exact) mass is 236 g/mol. The number of Topliss-reactive ketones (excluding diaryl/α,β-unsaturated/α-hetero) is 1. The first-order valence-electron chi connectivity index (χ1n) is 6.07. The zero-order valence-electron chi connectivity index (χ0n) is 11.1. The second-order valence-corrected chi connectivity index (χ2v) is 6.01. The summed E-state index contributed by atoms with van der Waals surface area (Å²) >= 11 is 0. The molecule has 1 nitrogen and oxygen atoms in total. The fraction of sp³-hybridized carbons (Fsp3) is 0.533. The fourth-order valence-electron chi connectivity index (χ4n) is 2.21. The van der Waals surface area contributed by atoms with Crippen LogP contribution < -0.4 is 0 Å². The van der Waals surface area contributed by atoms with Crippen LogP contribution in [0.4, 0.5) is 4.39 Å². The molecule has 0 fully saturated rings. The third-order valence-electron chi connectivity index (χ3n) is 2.64. The van der Waals surface area contributed by atoms with Gasteiger partial charge < -0.3 is 0 Å². The van der Waals surface area contributed by atoms with Crippen molar-refractivity contribution in [3.05, 3.63) is 35.6 Å². The van der Waals surface area contributed by atoms with Gasteiger partial charge in [-0.3, -0.25) is 4.79 Å². The lowest BCUT2D eigenvalue weighted by atomic mass is 9.83. The molecule has 0 radical (unpaired) electrons. The lowest BCUT2D eigenvalue weighted by Gasteiger charge is -2.22. The Hall–Kier alpha value is -1.18. The molecule has 1 rings (SSSR count). The quantitative estimate of drug-likeness (QED) is 0.705. The van der Waals surface area contributed by atoms with E-state index in [-0.39, 0.29) is 17.0 Å². The van der Waals surface area contributed by atoms with E-state index in [0.29, 0.717) is 17.9 Å². The van der Waals surface area contributed by atoms with Crippen LogP contribution in [-0.2, 0) is 0 Å². The maximum Gasteiger partial charge on any atom is 0.163 e. The Bertz CT molecular complexity index is 390. The predicted molar refractivity (Wildman–Crippen MR) is 68.6 cm³/mol. The average Bonchev–Trinajstić information content (AvgIpc) is 2.14. The van der Waals surface area contributed by atoms with Crippen LogP contribution in [0.2, 0.25) is 0 Å². The molecule has 17 heavy (non-hydrogen) atoms. The van der Waals surface area contributed by atoms with Gasteiger partial charge >= 0.3 is 0 Å². The van der Waals surface area contributed by atoms with Gasteiger partial charge in [-0.2, -0.15) is 0 Å². The molecule has 0 aliphatic heterocycles. The number of hydrogen-bond donors (Lipinski definition) is 0. The van der Waals surface area contributed by atoms with Crippen LogP contribution in [0, 0.1) is 17.2 Å². The van der Waals surface area contributed by atoms with Crippen LogP contribution in [0.1, 0.15) is 50.9 Å². The smallest absolute Gasteiger partial charge is 0.163 e. The van der Waals surface area contributed by atoms with E-state index >= 15 is 0 Å². The molecule has 0 N–H and O–H groups in total. The number of benzene rings is 1. The van der Waals surface area contributed by atoms with E-state index in [2.05, 4.69) is 27.7 Å². The van der Waals surface area contributed by atoms with Crippen molar-refractivity contribution >= 4 is 5.78 Å². The molecular formula is C15H21FO. The van der Waals surface area contributed by atoms with Gasteiger partial charge in [-0.15, -0.1) is 0 Å². The first-order chi connectivity index (χ1) is 7.78. The molecule has 0 saturated heterocycles. The Labute approximate surface area is 103 Å². The van der Waals surface area contributed by atoms with Crippen molar-refractivity contribution in [3.8, 4) is 0 Å². The van der Waals surface area contributed by atoms with Crippen molar-refractivity contribution in [1.82, 2.24) is 0 Å². The van der Waals surface area contributed by atoms with Crippen LogP contribution >= 0.6 is 0 Å². The van der Waals surface area contributed by atoms with E-state index in [1.807, 2.05) is 0 Å². The minimum Gasteiger partial charge on any atom is -0.294 e. The van der Waals surface area contributed by atoms with Gasteiger partial charge in [0.1, 0.15) is 5.82 Å². The molecule has 1 atom stereocenters. The second kappa shape index (κ2) is 5.44. The number of hydrogen-bond acceptors (Lipinski definition) is 1. The summed E-state index contributed by atoms with van der Waals surface area (Å²) in [5.74, 6) is 0.00587. The summed E-state index contributed by atoms with van der Waals surface area (Å²) in [5.41, 5.74) is 0.701. The van der Waals surface area contributed by atoms with Crippen molar-refractivity contribution in [2.45, 2.75) is 40.5 Å². The summed E-state index contributed by atoms with van der Waals surface area (Å²) in [6, 6.07) is 5.92. The minimum atomic E-state index is -0.348. The summed E-state index contributed by atoms with van der Waals surface area (Å²) in [4.78, 5) is 11.9. The van der Waals surface area contributed by atoms with Gasteiger partial charge in [0.15, 0.2) is 5.78 Å². The Balaban J connectivity index is 2.61. The lowest BCUT2D eigenvalue weighted by molar-refractivity contribution is 0.0954. The second-order valence-electron chi connectivity index (χ2n) is 6.01. The van der Waals surface area contributed by atoms with Crippen molar-refractivity contribution in [3.63, 3.8) is 0 Å². The van der Waals surface area contributed by atoms with E-state index in [0.717, 1.165) is 6.42 Å². The zero-order valence-corrected chi connectivity index (χ0v) is 11.1. The predicted octanol–water partition coefficient (Wildman–Crippen LogP) is 4.47. The molecule has 94 valence electrons. The van der Waals surface area contributed by atoms with Crippen molar-refractivity contribution in [1.29, 1.82) is 0 Å². The highest BCUT2D eigenvalue weighted by atomic mass is 19.1. The largest absolute Gasteiger partial charge is 0.294 e. The summed E-state index contributed by atoms with van der Waals surface area (Å²) in [5, 5.41) is 0. The molecule has 0 aliphatic carbocycles. The van der Waals surface area contributed by atoms with Crippen molar-refractivity contribution in [2.24, 2.45) is 11.3 Å². The molecule has 1 unspecified atom stereocenters. The van der Waals surface area contributed by atoms with E-state index in [9.17, 15) is 9.18 Å². The first-order valence-corrected chi connectivity index (χ1v) is 6.07. The van der Waals surface area contributed by atoms with E-state index in [1.165, 1.54) is 12.1 Å². The van der Waals surface area contributed by atoms with Gasteiger partial charge in [0.25, 0.3) is 0 Å². The Morgan fingerprint density at radius 3 is 2.53 bits per heavy atom. The molecule has 1 aromatic rings. The normalized spacial score (nSPS) is 13.5. The molecule has 0 heterocycles. The molecule has 0 aromatic heterocycles. The molecule has 2 heteroatoms. The zero-order chi connectivity index (χ0) is 13.1. The molecule has 1 aromatic carbocycles. The number of rotatable bonds is 4. The van der Waals surface area contributed by atoms with Gasteiger partial charge in [-0.05, 0) is 29.9 Å². The minimum absolute atomic E-state index is 0.0289. The van der Waals surface area contributed by atoms with Crippen LogP contribution in [0.5, 0.6) is 0 Å². The Morgan fingerprint density at radius 2 is 2.00 bits per heavy atom. The van der Waals surface area contributed by atoms with Crippen LogP contribution in [0.25, 0.3) is 0 Å². The Kier molecular flexibility index (Phi) is 4.44. The van der Waals surface area contributed by atoms with Gasteiger partial charge in [0, 0.05) is 12.0 Å². The Morgan fingerprint density at radius 1 is 1.35 bits per heavy atom. The van der Waals surface area contributed by atoms with Crippen LogP contribution in [-0.4, -0.2) is 5.78 Å². The molecule has 0 saturated carbocycles. The van der Waals surface area contributed by atoms with Crippen LogP contribution in [0.15, 0.2) is 24.3 Å². The fourth-order valence-corrected chi connectivity index (χ4v) is 2.21. The maximum absolute atomic E-state index is 13.0. The number of carbonyl (C=O) groups excluding carboxylic acids is 1. The first kappa shape index (κ1) is 13.9. The number of halogens is 1. The summed E-state index contributed by atoms with van der Waals surface area (Å²) in [7, 11) is 0. The summed E-state index contributed by atoms with van der Waals surface area (Å²) in [6.07, 6.45) is 1.48. The van der Waals surface area contributed by atoms with Gasteiger partial charge in [0.05, 0.1) is 0 Å². The van der Waals surface area contributed by atoms with Gasteiger partial charge in [0.2, 0.25) is 0 Å². The maximum atomic E-state index is 13.0. The highest BCUT2D eigenvalue weighted by molar-refractivity contribution is 5.96. The van der Waals surface area contributed by atoms with Gasteiger partial charge in [-0.25, -0.2) is 4.39 Å². The summed E-state index contributed by atoms with van der Waals surface area (Å²) in [6.45, 7) is 8.56. The third kappa shape index (κ3) is 5.12. The van der Waals surface area contributed by atoms with Crippen molar-refractivity contribution < 1.29 is 9.18 Å². The van der Waals surface area contributed by atoms with Crippen molar-refractivity contribution in [2.75, 3.05) is 0 Å². The highest BCUT2D eigenvalue weighted by Crippen LogP contribution is 2.26. The van der Waals surface area contributed by atoms with E-state index in [4.69, 9.17) is 0 Å².